The molecule has 0 radical (unpaired) electrons. The van der Waals surface area contributed by atoms with Crippen molar-refractivity contribution >= 4 is 41.5 Å². The van der Waals surface area contributed by atoms with Crippen LogP contribution in [0.1, 0.15) is 27.7 Å². The maximum absolute atomic E-state index is 11.0. The molecule has 23 heavy (non-hydrogen) atoms. The number of amides is 1. The fourth-order valence-electron chi connectivity index (χ4n) is 1.74. The largest absolute Gasteiger partial charge is 0.492 e. The van der Waals surface area contributed by atoms with E-state index < -0.39 is 0 Å². The van der Waals surface area contributed by atoms with Crippen molar-refractivity contribution < 1.29 is 9.53 Å². The lowest BCUT2D eigenvalue weighted by atomic mass is 10.1. The zero-order valence-corrected chi connectivity index (χ0v) is 16.7. The molecule has 0 aliphatic rings. The van der Waals surface area contributed by atoms with Crippen LogP contribution in [0.25, 0.3) is 0 Å². The molecule has 0 atom stereocenters. The number of nitrogens with one attached hydrogen (secondary N) is 3. The summed E-state index contributed by atoms with van der Waals surface area (Å²) in [6.07, 6.45) is 0. The highest BCUT2D eigenvalue weighted by Gasteiger charge is 2.11. The van der Waals surface area contributed by atoms with E-state index in [9.17, 15) is 4.79 Å². The van der Waals surface area contributed by atoms with Crippen LogP contribution >= 0.6 is 24.0 Å². The maximum Gasteiger partial charge on any atom is 0.221 e. The van der Waals surface area contributed by atoms with Gasteiger partial charge < -0.3 is 20.7 Å². The number of halogens is 1. The van der Waals surface area contributed by atoms with Gasteiger partial charge in [-0.2, -0.15) is 0 Å². The van der Waals surface area contributed by atoms with E-state index in [2.05, 4.69) is 41.7 Å². The summed E-state index contributed by atoms with van der Waals surface area (Å²) in [5, 5.41) is 9.18. The molecule has 7 heteroatoms. The number of rotatable bonds is 5. The van der Waals surface area contributed by atoms with Crippen LogP contribution in [0, 0.1) is 0 Å². The van der Waals surface area contributed by atoms with E-state index in [4.69, 9.17) is 4.74 Å². The number of anilines is 1. The van der Waals surface area contributed by atoms with E-state index in [0.29, 0.717) is 18.9 Å². The molecule has 0 aromatic heterocycles. The van der Waals surface area contributed by atoms with Gasteiger partial charge in [0.05, 0.1) is 6.54 Å². The third-order valence-electron chi connectivity index (χ3n) is 2.53. The predicted octanol–water partition coefficient (Wildman–Crippen LogP) is 2.61. The van der Waals surface area contributed by atoms with Gasteiger partial charge in [-0.3, -0.25) is 9.79 Å². The van der Waals surface area contributed by atoms with E-state index in [1.165, 1.54) is 6.92 Å². The van der Waals surface area contributed by atoms with Crippen LogP contribution in [0.15, 0.2) is 29.3 Å². The van der Waals surface area contributed by atoms with E-state index >= 15 is 0 Å². The van der Waals surface area contributed by atoms with Gasteiger partial charge in [-0.1, -0.05) is 6.07 Å². The molecule has 1 aromatic rings. The van der Waals surface area contributed by atoms with E-state index in [1.54, 1.807) is 13.1 Å². The molecule has 0 unspecified atom stereocenters. The number of hydrogen-bond donors (Lipinski definition) is 3. The Balaban J connectivity index is 0.00000484. The second-order valence-electron chi connectivity index (χ2n) is 5.93. The quantitative estimate of drug-likeness (QED) is 0.288. The monoisotopic (exact) mass is 434 g/mol. The molecule has 0 saturated carbocycles. The topological polar surface area (TPSA) is 74.8 Å². The van der Waals surface area contributed by atoms with Gasteiger partial charge in [0.2, 0.25) is 5.91 Å². The molecule has 0 heterocycles. The van der Waals surface area contributed by atoms with Crippen LogP contribution in [0.4, 0.5) is 5.69 Å². The van der Waals surface area contributed by atoms with Crippen molar-refractivity contribution in [3.8, 4) is 5.75 Å². The highest BCUT2D eigenvalue weighted by Crippen LogP contribution is 2.16. The zero-order chi connectivity index (χ0) is 16.6. The Morgan fingerprint density at radius 2 is 2.00 bits per heavy atom. The molecule has 0 fully saturated rings. The van der Waals surface area contributed by atoms with Gasteiger partial charge in [0.25, 0.3) is 0 Å². The van der Waals surface area contributed by atoms with Gasteiger partial charge in [0, 0.05) is 31.3 Å². The Bertz CT molecular complexity index is 527. The summed E-state index contributed by atoms with van der Waals surface area (Å²) in [4.78, 5) is 15.2. The minimum Gasteiger partial charge on any atom is -0.492 e. The third kappa shape index (κ3) is 9.98. The third-order valence-corrected chi connectivity index (χ3v) is 2.53. The summed E-state index contributed by atoms with van der Waals surface area (Å²) < 4.78 is 5.66. The van der Waals surface area contributed by atoms with Gasteiger partial charge >= 0.3 is 0 Å². The lowest BCUT2D eigenvalue weighted by Gasteiger charge is -2.23. The van der Waals surface area contributed by atoms with Crippen molar-refractivity contribution in [1.29, 1.82) is 0 Å². The van der Waals surface area contributed by atoms with Gasteiger partial charge in [-0.05, 0) is 32.9 Å². The van der Waals surface area contributed by atoms with Crippen molar-refractivity contribution in [2.75, 3.05) is 25.5 Å². The first-order chi connectivity index (χ1) is 10.3. The van der Waals surface area contributed by atoms with Crippen molar-refractivity contribution in [3.05, 3.63) is 24.3 Å². The molecule has 0 spiro atoms. The molecule has 130 valence electrons. The molecular weight excluding hydrogens is 407 g/mol. The summed E-state index contributed by atoms with van der Waals surface area (Å²) in [7, 11) is 1.73. The highest BCUT2D eigenvalue weighted by molar-refractivity contribution is 14.0. The molecule has 0 aliphatic carbocycles. The average Bonchev–Trinajstić information content (AvgIpc) is 2.40. The SMILES string of the molecule is CN=C(NCCOc1cccc(NC(C)=O)c1)NC(C)(C)C.I. The molecule has 0 aliphatic heterocycles. The molecule has 1 rings (SSSR count). The summed E-state index contributed by atoms with van der Waals surface area (Å²) >= 11 is 0. The number of carbonyl (C=O) groups is 1. The van der Waals surface area contributed by atoms with Crippen molar-refractivity contribution in [3.63, 3.8) is 0 Å². The summed E-state index contributed by atoms with van der Waals surface area (Å²) in [5.74, 6) is 1.35. The van der Waals surface area contributed by atoms with Crippen molar-refractivity contribution in [2.24, 2.45) is 4.99 Å². The summed E-state index contributed by atoms with van der Waals surface area (Å²) in [6.45, 7) is 8.82. The fourth-order valence-corrected chi connectivity index (χ4v) is 1.74. The minimum atomic E-state index is -0.101. The first kappa shape index (κ1) is 21.5. The summed E-state index contributed by atoms with van der Waals surface area (Å²) in [6, 6.07) is 7.31. The van der Waals surface area contributed by atoms with Gasteiger partial charge in [-0.25, -0.2) is 0 Å². The Labute approximate surface area is 155 Å². The molecule has 0 bridgehead atoms. The molecular formula is C16H27IN4O2. The average molecular weight is 434 g/mol. The van der Waals surface area contributed by atoms with Gasteiger partial charge in [0.1, 0.15) is 12.4 Å². The van der Waals surface area contributed by atoms with E-state index in [0.717, 1.165) is 11.6 Å². The fraction of sp³-hybridized carbons (Fsp3) is 0.500. The van der Waals surface area contributed by atoms with Gasteiger partial charge in [0.15, 0.2) is 5.96 Å². The highest BCUT2D eigenvalue weighted by atomic mass is 127. The number of carbonyl (C=O) groups excluding carboxylic acids is 1. The molecule has 6 nitrogen and oxygen atoms in total. The maximum atomic E-state index is 11.0. The number of aliphatic imine (C=N–C) groups is 1. The first-order valence-corrected chi connectivity index (χ1v) is 7.29. The standard InChI is InChI=1S/C16H26N4O2.HI/c1-12(21)19-13-7-6-8-14(11-13)22-10-9-18-15(17-5)20-16(2,3)4;/h6-8,11H,9-10H2,1-5H3,(H,19,21)(H2,17,18,20);1H. The normalized spacial score (nSPS) is 11.3. The van der Waals surface area contributed by atoms with Crippen molar-refractivity contribution in [1.82, 2.24) is 10.6 Å². The summed E-state index contributed by atoms with van der Waals surface area (Å²) in [5.41, 5.74) is 0.679. The Morgan fingerprint density at radius 1 is 1.30 bits per heavy atom. The molecule has 1 aromatic carbocycles. The molecule has 1 amide bonds. The Kier molecular flexibility index (Phi) is 9.62. The zero-order valence-electron chi connectivity index (χ0n) is 14.4. The first-order valence-electron chi connectivity index (χ1n) is 7.29. The minimum absolute atomic E-state index is 0. The lowest BCUT2D eigenvalue weighted by Crippen LogP contribution is -2.48. The second kappa shape index (κ2) is 10.3. The number of benzene rings is 1. The van der Waals surface area contributed by atoms with Gasteiger partial charge in [-0.15, -0.1) is 24.0 Å². The Morgan fingerprint density at radius 3 is 2.57 bits per heavy atom. The van der Waals surface area contributed by atoms with Crippen LogP contribution in [0.3, 0.4) is 0 Å². The molecule has 3 N–H and O–H groups in total. The van der Waals surface area contributed by atoms with Crippen LogP contribution in [0.5, 0.6) is 5.75 Å². The van der Waals surface area contributed by atoms with Crippen LogP contribution in [-0.2, 0) is 4.79 Å². The van der Waals surface area contributed by atoms with E-state index in [1.807, 2.05) is 18.2 Å². The number of nitrogens with zero attached hydrogens (tertiary/aromatic N) is 1. The Hall–Kier alpha value is -1.51. The number of ether oxygens (including phenoxy) is 1. The second-order valence-corrected chi connectivity index (χ2v) is 5.93. The lowest BCUT2D eigenvalue weighted by molar-refractivity contribution is -0.114. The van der Waals surface area contributed by atoms with Crippen LogP contribution in [-0.4, -0.2) is 37.6 Å². The van der Waals surface area contributed by atoms with Crippen molar-refractivity contribution in [2.45, 2.75) is 33.2 Å². The number of guanidine groups is 1. The smallest absolute Gasteiger partial charge is 0.221 e. The van der Waals surface area contributed by atoms with Crippen LogP contribution in [0.2, 0.25) is 0 Å². The van der Waals surface area contributed by atoms with Crippen LogP contribution < -0.4 is 20.7 Å². The van der Waals surface area contributed by atoms with E-state index in [-0.39, 0.29) is 35.4 Å². The molecule has 0 saturated heterocycles. The predicted molar refractivity (Wildman–Crippen MR) is 106 cm³/mol. The number of hydrogen-bond acceptors (Lipinski definition) is 3.